The molecule has 0 aromatic heterocycles. The van der Waals surface area contributed by atoms with Gasteiger partial charge in [-0.3, -0.25) is 0 Å². The molecule has 0 atom stereocenters. The molecule has 0 saturated heterocycles. The number of aromatic hydroxyl groups is 1. The fourth-order valence-corrected chi connectivity index (χ4v) is 0.967. The molecule has 0 saturated carbocycles. The number of hydroxylamine groups is 1. The first-order valence-corrected chi connectivity index (χ1v) is 3.61. The van der Waals surface area contributed by atoms with Crippen LogP contribution < -0.4 is 10.2 Å². The molecule has 1 aromatic rings. The first kappa shape index (κ1) is 9.76. The molecule has 1 aromatic carbocycles. The Morgan fingerprint density at radius 2 is 2.23 bits per heavy atom. The summed E-state index contributed by atoms with van der Waals surface area (Å²) >= 11 is 0. The molecule has 0 aliphatic rings. The maximum absolute atomic E-state index is 13.0. The number of ether oxygens (including phenoxy) is 1. The van der Waals surface area contributed by atoms with Crippen LogP contribution in [0, 0.1) is 5.82 Å². The first-order valence-electron chi connectivity index (χ1n) is 3.61. The second-order valence-electron chi connectivity index (χ2n) is 2.45. The van der Waals surface area contributed by atoms with Gasteiger partial charge in [0.25, 0.3) is 0 Å². The lowest BCUT2D eigenvalue weighted by Gasteiger charge is -2.06. The highest BCUT2D eigenvalue weighted by molar-refractivity contribution is 5.40. The largest absolute Gasteiger partial charge is 0.507 e. The average Bonchev–Trinajstić information content (AvgIpc) is 2.11. The monoisotopic (exact) mass is 187 g/mol. The van der Waals surface area contributed by atoms with Crippen LogP contribution in [-0.4, -0.2) is 17.4 Å². The molecule has 3 N–H and O–H groups in total. The van der Waals surface area contributed by atoms with Crippen molar-refractivity contribution in [3.8, 4) is 11.5 Å². The first-order chi connectivity index (χ1) is 6.19. The van der Waals surface area contributed by atoms with E-state index in [1.165, 1.54) is 7.11 Å². The summed E-state index contributed by atoms with van der Waals surface area (Å²) in [4.78, 5) is 0. The van der Waals surface area contributed by atoms with Crippen molar-refractivity contribution in [1.29, 1.82) is 0 Å². The van der Waals surface area contributed by atoms with E-state index in [1.807, 2.05) is 5.48 Å². The Bertz CT molecular complexity index is 304. The van der Waals surface area contributed by atoms with Crippen LogP contribution in [0.1, 0.15) is 5.56 Å². The Hall–Kier alpha value is -1.33. The molecule has 0 radical (unpaired) electrons. The van der Waals surface area contributed by atoms with Crippen molar-refractivity contribution in [2.75, 3.05) is 7.11 Å². The molecule has 0 spiro atoms. The van der Waals surface area contributed by atoms with Crippen LogP contribution in [0.3, 0.4) is 0 Å². The van der Waals surface area contributed by atoms with E-state index in [-0.39, 0.29) is 23.6 Å². The van der Waals surface area contributed by atoms with Gasteiger partial charge in [0.1, 0.15) is 5.75 Å². The van der Waals surface area contributed by atoms with E-state index >= 15 is 0 Å². The van der Waals surface area contributed by atoms with Crippen molar-refractivity contribution < 1.29 is 19.4 Å². The molecule has 0 heterocycles. The number of phenolic OH excluding ortho intramolecular Hbond substituents is 1. The minimum atomic E-state index is -0.578. The van der Waals surface area contributed by atoms with Crippen LogP contribution >= 0.6 is 0 Å². The third-order valence-corrected chi connectivity index (χ3v) is 1.62. The second-order valence-corrected chi connectivity index (χ2v) is 2.45. The Kier molecular flexibility index (Phi) is 3.05. The van der Waals surface area contributed by atoms with E-state index in [0.717, 1.165) is 12.1 Å². The van der Waals surface area contributed by atoms with E-state index in [0.29, 0.717) is 0 Å². The second kappa shape index (κ2) is 4.06. The summed E-state index contributed by atoms with van der Waals surface area (Å²) in [5, 5.41) is 17.6. The minimum Gasteiger partial charge on any atom is -0.507 e. The van der Waals surface area contributed by atoms with E-state index < -0.39 is 5.82 Å². The van der Waals surface area contributed by atoms with E-state index in [9.17, 15) is 9.50 Å². The van der Waals surface area contributed by atoms with Crippen molar-refractivity contribution in [2.45, 2.75) is 6.54 Å². The number of benzene rings is 1. The highest BCUT2D eigenvalue weighted by atomic mass is 19.1. The van der Waals surface area contributed by atoms with Gasteiger partial charge in [-0.15, -0.1) is 0 Å². The number of methoxy groups -OCH3 is 1. The summed E-state index contributed by atoms with van der Waals surface area (Å²) in [5.41, 5.74) is 2.09. The Labute approximate surface area is 74.5 Å². The molecule has 0 aliphatic heterocycles. The van der Waals surface area contributed by atoms with Gasteiger partial charge in [-0.1, -0.05) is 0 Å². The molecule has 5 heteroatoms. The van der Waals surface area contributed by atoms with Crippen LogP contribution in [-0.2, 0) is 6.54 Å². The van der Waals surface area contributed by atoms with Crippen molar-refractivity contribution in [2.24, 2.45) is 0 Å². The predicted molar refractivity (Wildman–Crippen MR) is 43.2 cm³/mol. The fraction of sp³-hybridized carbons (Fsp3) is 0.250. The standard InChI is InChI=1S/C8H10FNO3/c1-13-8-3-7(11)5(4-10-12)2-6(8)9/h2-3,10-12H,4H2,1H3. The fourth-order valence-electron chi connectivity index (χ4n) is 0.967. The van der Waals surface area contributed by atoms with Crippen molar-refractivity contribution >= 4 is 0 Å². The lowest BCUT2D eigenvalue weighted by molar-refractivity contribution is 0.160. The molecule has 0 unspecified atom stereocenters. The van der Waals surface area contributed by atoms with E-state index in [1.54, 1.807) is 0 Å². The third-order valence-electron chi connectivity index (χ3n) is 1.62. The van der Waals surface area contributed by atoms with E-state index in [4.69, 9.17) is 5.21 Å². The number of hydrogen-bond donors (Lipinski definition) is 3. The molecule has 1 rings (SSSR count). The lowest BCUT2D eigenvalue weighted by atomic mass is 10.2. The van der Waals surface area contributed by atoms with Gasteiger partial charge in [0, 0.05) is 18.2 Å². The maximum Gasteiger partial charge on any atom is 0.165 e. The van der Waals surface area contributed by atoms with Gasteiger partial charge in [0.15, 0.2) is 11.6 Å². The van der Waals surface area contributed by atoms with Gasteiger partial charge in [-0.25, -0.2) is 9.87 Å². The molecule has 72 valence electrons. The Morgan fingerprint density at radius 3 is 2.77 bits per heavy atom. The summed E-state index contributed by atoms with van der Waals surface area (Å²) in [6.07, 6.45) is 0. The molecule has 0 amide bonds. The number of halogens is 1. The summed E-state index contributed by atoms with van der Waals surface area (Å²) < 4.78 is 17.6. The Morgan fingerprint density at radius 1 is 1.54 bits per heavy atom. The van der Waals surface area contributed by atoms with Gasteiger partial charge in [0.05, 0.1) is 7.11 Å². The topological polar surface area (TPSA) is 61.7 Å². The zero-order valence-corrected chi connectivity index (χ0v) is 7.04. The lowest BCUT2D eigenvalue weighted by Crippen LogP contribution is -2.06. The van der Waals surface area contributed by atoms with E-state index in [2.05, 4.69) is 4.74 Å². The van der Waals surface area contributed by atoms with Crippen LogP contribution in [0.15, 0.2) is 12.1 Å². The van der Waals surface area contributed by atoms with Crippen LogP contribution in [0.5, 0.6) is 11.5 Å². The normalized spacial score (nSPS) is 10.1. The number of rotatable bonds is 3. The quantitative estimate of drug-likeness (QED) is 0.618. The van der Waals surface area contributed by atoms with Gasteiger partial charge >= 0.3 is 0 Å². The van der Waals surface area contributed by atoms with Gasteiger partial charge < -0.3 is 15.1 Å². The van der Waals surface area contributed by atoms with Crippen LogP contribution in [0.25, 0.3) is 0 Å². The number of phenols is 1. The summed E-state index contributed by atoms with van der Waals surface area (Å²) in [5.74, 6) is -0.732. The molecule has 0 fully saturated rings. The van der Waals surface area contributed by atoms with Crippen LogP contribution in [0.4, 0.5) is 4.39 Å². The molecular formula is C8H10FNO3. The highest BCUT2D eigenvalue weighted by Crippen LogP contribution is 2.26. The van der Waals surface area contributed by atoms with Crippen molar-refractivity contribution in [3.63, 3.8) is 0 Å². The third kappa shape index (κ3) is 2.07. The summed E-state index contributed by atoms with van der Waals surface area (Å²) in [7, 11) is 1.31. The van der Waals surface area contributed by atoms with Crippen molar-refractivity contribution in [3.05, 3.63) is 23.5 Å². The van der Waals surface area contributed by atoms with Gasteiger partial charge in [-0.05, 0) is 6.07 Å². The van der Waals surface area contributed by atoms with Gasteiger partial charge in [0.2, 0.25) is 0 Å². The maximum atomic E-state index is 13.0. The van der Waals surface area contributed by atoms with Gasteiger partial charge in [-0.2, -0.15) is 0 Å². The SMILES string of the molecule is COc1cc(O)c(CNO)cc1F. The Balaban J connectivity index is 3.05. The molecule has 13 heavy (non-hydrogen) atoms. The van der Waals surface area contributed by atoms with Crippen molar-refractivity contribution in [1.82, 2.24) is 5.48 Å². The smallest absolute Gasteiger partial charge is 0.165 e. The molecule has 0 bridgehead atoms. The molecule has 4 nitrogen and oxygen atoms in total. The zero-order chi connectivity index (χ0) is 9.84. The van der Waals surface area contributed by atoms with Crippen LogP contribution in [0.2, 0.25) is 0 Å². The zero-order valence-electron chi connectivity index (χ0n) is 7.04. The number of nitrogens with one attached hydrogen (secondary N) is 1. The highest BCUT2D eigenvalue weighted by Gasteiger charge is 2.08. The minimum absolute atomic E-state index is 0.0211. The summed E-state index contributed by atoms with van der Waals surface area (Å²) in [6, 6.07) is 2.25. The summed E-state index contributed by atoms with van der Waals surface area (Å²) in [6.45, 7) is -0.0211. The predicted octanol–water partition coefficient (Wildman–Crippen LogP) is 1.02. The average molecular weight is 187 g/mol. The number of hydrogen-bond acceptors (Lipinski definition) is 4. The molecular weight excluding hydrogens is 177 g/mol. The molecule has 0 aliphatic carbocycles.